The van der Waals surface area contributed by atoms with Gasteiger partial charge in [0.2, 0.25) is 0 Å². The Kier molecular flexibility index (Phi) is 25.2. The number of ketones is 1. The number of allylic oxidation sites excluding steroid dienone is 5. The molecule has 0 aromatic rings. The zero-order valence-corrected chi connectivity index (χ0v) is 12.1. The van der Waals surface area contributed by atoms with E-state index in [0.717, 1.165) is 0 Å². The highest BCUT2D eigenvalue weighted by Crippen LogP contribution is 1.98. The number of Topliss-reactive ketones (excluding diaryl/α,β-unsaturated/α-hetero) is 1. The van der Waals surface area contributed by atoms with Gasteiger partial charge in [0, 0.05) is 5.57 Å². The third kappa shape index (κ3) is 16.1. The Morgan fingerprint density at radius 1 is 1.20 bits per heavy atom. The third-order valence-corrected chi connectivity index (χ3v) is 1.59. The summed E-state index contributed by atoms with van der Waals surface area (Å²) in [5, 5.41) is 0.339. The zero-order valence-electron chi connectivity index (χ0n) is 10.5. The Balaban J connectivity index is -0.000000318. The lowest BCUT2D eigenvalue weighted by Gasteiger charge is -1.90. The summed E-state index contributed by atoms with van der Waals surface area (Å²) < 4.78 is 0. The molecule has 0 fully saturated rings. The van der Waals surface area contributed by atoms with Gasteiger partial charge in [0.15, 0.2) is 5.78 Å². The Labute approximate surface area is 103 Å². The van der Waals surface area contributed by atoms with Gasteiger partial charge in [0.1, 0.15) is 0 Å². The topological polar surface area (TPSA) is 17.1 Å². The standard InChI is InChI=1S/C9H11BrO.2C2H6/c1-3-4-5-6-8(2)9(11)7-10;2*1-2/h3-6H,2,7H2,1H3;2*1-2H3/b4-3-,6-5-;;. The monoisotopic (exact) mass is 274 g/mol. The smallest absolute Gasteiger partial charge is 0.172 e. The van der Waals surface area contributed by atoms with Crippen LogP contribution in [0.2, 0.25) is 0 Å². The van der Waals surface area contributed by atoms with Crippen molar-refractivity contribution in [2.45, 2.75) is 34.6 Å². The second-order valence-corrected chi connectivity index (χ2v) is 2.53. The van der Waals surface area contributed by atoms with Crippen molar-refractivity contribution in [1.29, 1.82) is 0 Å². The highest BCUT2D eigenvalue weighted by atomic mass is 79.9. The van der Waals surface area contributed by atoms with Crippen LogP contribution in [-0.4, -0.2) is 11.1 Å². The van der Waals surface area contributed by atoms with E-state index in [1.54, 1.807) is 12.2 Å². The van der Waals surface area contributed by atoms with E-state index in [4.69, 9.17) is 0 Å². The van der Waals surface area contributed by atoms with Gasteiger partial charge in [-0.2, -0.15) is 0 Å². The van der Waals surface area contributed by atoms with Crippen LogP contribution in [0.4, 0.5) is 0 Å². The summed E-state index contributed by atoms with van der Waals surface area (Å²) in [5.41, 5.74) is 0.528. The number of rotatable bonds is 4. The highest BCUT2D eigenvalue weighted by molar-refractivity contribution is 9.09. The SMILES string of the molecule is C=C(/C=C\C=C/C)C(=O)CBr.CC.CC. The van der Waals surface area contributed by atoms with E-state index in [0.29, 0.717) is 10.9 Å². The van der Waals surface area contributed by atoms with E-state index in [9.17, 15) is 4.79 Å². The number of alkyl halides is 1. The van der Waals surface area contributed by atoms with Crippen molar-refractivity contribution in [1.82, 2.24) is 0 Å². The quantitative estimate of drug-likeness (QED) is 0.413. The first-order valence-electron chi connectivity index (χ1n) is 5.29. The van der Waals surface area contributed by atoms with Crippen LogP contribution in [-0.2, 0) is 4.79 Å². The molecule has 0 saturated carbocycles. The van der Waals surface area contributed by atoms with E-state index in [1.165, 1.54) is 0 Å². The van der Waals surface area contributed by atoms with Crippen molar-refractivity contribution in [2.75, 3.05) is 5.33 Å². The first-order valence-corrected chi connectivity index (χ1v) is 6.42. The molecule has 0 amide bonds. The summed E-state index contributed by atoms with van der Waals surface area (Å²) in [4.78, 5) is 10.9. The molecule has 0 saturated heterocycles. The van der Waals surface area contributed by atoms with E-state index in [-0.39, 0.29) is 5.78 Å². The summed E-state index contributed by atoms with van der Waals surface area (Å²) in [6.07, 6.45) is 7.24. The van der Waals surface area contributed by atoms with Crippen LogP contribution in [0.3, 0.4) is 0 Å². The average Bonchev–Trinajstić information content (AvgIpc) is 2.33. The lowest BCUT2D eigenvalue weighted by molar-refractivity contribution is -0.112. The van der Waals surface area contributed by atoms with Crippen LogP contribution in [0.1, 0.15) is 34.6 Å². The van der Waals surface area contributed by atoms with Crippen molar-refractivity contribution >= 4 is 21.7 Å². The first kappa shape index (κ1) is 19.9. The fraction of sp³-hybridized carbons (Fsp3) is 0.462. The lowest BCUT2D eigenvalue weighted by atomic mass is 10.2. The fourth-order valence-electron chi connectivity index (χ4n) is 0.462. The van der Waals surface area contributed by atoms with Crippen LogP contribution in [0.25, 0.3) is 0 Å². The molecule has 0 unspecified atom stereocenters. The summed E-state index contributed by atoms with van der Waals surface area (Å²) in [6, 6.07) is 0. The Morgan fingerprint density at radius 2 is 1.67 bits per heavy atom. The van der Waals surface area contributed by atoms with E-state index >= 15 is 0 Å². The maximum Gasteiger partial charge on any atom is 0.172 e. The Hall–Kier alpha value is -0.630. The highest BCUT2D eigenvalue weighted by Gasteiger charge is 1.98. The number of halogens is 1. The minimum Gasteiger partial charge on any atom is -0.293 e. The number of hydrogen-bond donors (Lipinski definition) is 0. The number of hydrogen-bond acceptors (Lipinski definition) is 1. The molecule has 88 valence electrons. The molecular weight excluding hydrogens is 252 g/mol. The van der Waals surface area contributed by atoms with Crippen molar-refractivity contribution in [2.24, 2.45) is 0 Å². The molecule has 0 heterocycles. The predicted octanol–water partition coefficient (Wildman–Crippen LogP) is 4.69. The van der Waals surface area contributed by atoms with Crippen LogP contribution in [0.5, 0.6) is 0 Å². The molecule has 0 rings (SSSR count). The summed E-state index contributed by atoms with van der Waals surface area (Å²) in [5.74, 6) is 0.0192. The molecule has 0 aliphatic rings. The van der Waals surface area contributed by atoms with Crippen molar-refractivity contribution in [3.63, 3.8) is 0 Å². The number of carbonyl (C=O) groups excluding carboxylic acids is 1. The van der Waals surface area contributed by atoms with Gasteiger partial charge < -0.3 is 0 Å². The van der Waals surface area contributed by atoms with Crippen LogP contribution < -0.4 is 0 Å². The van der Waals surface area contributed by atoms with Crippen LogP contribution in [0.15, 0.2) is 36.5 Å². The van der Waals surface area contributed by atoms with Crippen LogP contribution in [0, 0.1) is 0 Å². The van der Waals surface area contributed by atoms with Crippen molar-refractivity contribution in [3.05, 3.63) is 36.5 Å². The predicted molar refractivity (Wildman–Crippen MR) is 74.6 cm³/mol. The third-order valence-electron chi connectivity index (χ3n) is 1.08. The summed E-state index contributed by atoms with van der Waals surface area (Å²) in [6.45, 7) is 13.5. The molecule has 0 aliphatic carbocycles. The molecule has 0 aromatic heterocycles. The summed E-state index contributed by atoms with van der Waals surface area (Å²) >= 11 is 3.06. The molecule has 0 N–H and O–H groups in total. The van der Waals surface area contributed by atoms with Crippen molar-refractivity contribution in [3.8, 4) is 0 Å². The first-order chi connectivity index (χ1) is 7.22. The van der Waals surface area contributed by atoms with E-state index < -0.39 is 0 Å². The molecule has 0 spiro atoms. The fourth-order valence-corrected chi connectivity index (χ4v) is 0.822. The van der Waals surface area contributed by atoms with Gasteiger partial charge in [-0.1, -0.05) is 74.5 Å². The number of carbonyl (C=O) groups is 1. The Morgan fingerprint density at radius 3 is 2.00 bits per heavy atom. The second-order valence-electron chi connectivity index (χ2n) is 1.97. The van der Waals surface area contributed by atoms with Gasteiger partial charge in [-0.15, -0.1) is 0 Å². The zero-order chi connectivity index (χ0) is 12.7. The van der Waals surface area contributed by atoms with Gasteiger partial charge >= 0.3 is 0 Å². The minimum absolute atomic E-state index is 0.0192. The van der Waals surface area contributed by atoms with E-state index in [1.807, 2.05) is 46.8 Å². The van der Waals surface area contributed by atoms with Crippen molar-refractivity contribution < 1.29 is 4.79 Å². The lowest BCUT2D eigenvalue weighted by Crippen LogP contribution is -1.98. The molecule has 0 aromatic carbocycles. The molecule has 0 aliphatic heterocycles. The molecule has 1 nitrogen and oxygen atoms in total. The molecule has 2 heteroatoms. The normalized spacial score (nSPS) is 8.93. The summed E-state index contributed by atoms with van der Waals surface area (Å²) in [7, 11) is 0. The van der Waals surface area contributed by atoms with E-state index in [2.05, 4.69) is 22.5 Å². The molecule has 0 bridgehead atoms. The van der Waals surface area contributed by atoms with Gasteiger partial charge in [0.25, 0.3) is 0 Å². The van der Waals surface area contributed by atoms with Gasteiger partial charge in [0.05, 0.1) is 5.33 Å². The maximum absolute atomic E-state index is 10.9. The molecular formula is C13H23BrO. The molecule has 0 radical (unpaired) electrons. The van der Waals surface area contributed by atoms with Crippen LogP contribution >= 0.6 is 15.9 Å². The second kappa shape index (κ2) is 19.0. The van der Waals surface area contributed by atoms with Gasteiger partial charge in [-0.05, 0) is 6.92 Å². The maximum atomic E-state index is 10.9. The largest absolute Gasteiger partial charge is 0.293 e. The average molecular weight is 275 g/mol. The minimum atomic E-state index is 0.0192. The Bertz CT molecular complexity index is 203. The van der Waals surface area contributed by atoms with Gasteiger partial charge in [-0.25, -0.2) is 0 Å². The van der Waals surface area contributed by atoms with Gasteiger partial charge in [-0.3, -0.25) is 4.79 Å². The molecule has 0 atom stereocenters. The molecule has 15 heavy (non-hydrogen) atoms.